The molecule has 1 N–H and O–H groups in total. The zero-order chi connectivity index (χ0) is 24.8. The van der Waals surface area contributed by atoms with Gasteiger partial charge in [-0.05, 0) is 25.0 Å². The molecule has 0 atom stereocenters. The summed E-state index contributed by atoms with van der Waals surface area (Å²) < 4.78 is 69.0. The fourth-order valence-corrected chi connectivity index (χ4v) is 3.08. The van der Waals surface area contributed by atoms with Gasteiger partial charge in [0.1, 0.15) is 5.82 Å². The minimum absolute atomic E-state index is 0.0697. The molecule has 3 rings (SSSR count). The lowest BCUT2D eigenvalue weighted by molar-refractivity contribution is -0.192. The number of carboxylic acid groups (broad SMARTS) is 1. The van der Waals surface area contributed by atoms with Crippen molar-refractivity contribution in [2.75, 3.05) is 18.0 Å². The second kappa shape index (κ2) is 10.5. The molecule has 178 valence electrons. The van der Waals surface area contributed by atoms with Gasteiger partial charge in [0.2, 0.25) is 0 Å². The molecule has 0 aliphatic carbocycles. The molecule has 1 fully saturated rings. The zero-order valence-electron chi connectivity index (χ0n) is 16.9. The zero-order valence-corrected chi connectivity index (χ0v) is 16.9. The number of piperidine rings is 1. The Morgan fingerprint density at radius 3 is 1.82 bits per heavy atom. The van der Waals surface area contributed by atoms with E-state index in [4.69, 9.17) is 9.90 Å². The van der Waals surface area contributed by atoms with Crippen molar-refractivity contribution in [1.29, 1.82) is 0 Å². The average Bonchev–Trinajstić information content (AvgIpc) is 2.78. The highest BCUT2D eigenvalue weighted by molar-refractivity contribution is 6.00. The largest absolute Gasteiger partial charge is 0.490 e. The van der Waals surface area contributed by atoms with E-state index in [1.54, 1.807) is 12.1 Å². The lowest BCUT2D eigenvalue weighted by Crippen LogP contribution is -2.37. The van der Waals surface area contributed by atoms with Crippen LogP contribution >= 0.6 is 0 Å². The van der Waals surface area contributed by atoms with E-state index in [1.165, 1.54) is 6.07 Å². The standard InChI is InChI=1S/C19H17F3N2O2.C2HF3O2/c20-19(21,22)18(26)15-6-7-16(23-12-15)24-10-8-14(9-11-24)17(25)13-4-2-1-3-5-13;3-2(4,5)1(6)7/h1-7,12,14H,8-11H2;(H,6,7). The van der Waals surface area contributed by atoms with Crippen molar-refractivity contribution >= 4 is 23.4 Å². The predicted molar refractivity (Wildman–Crippen MR) is 104 cm³/mol. The third kappa shape index (κ3) is 7.29. The SMILES string of the molecule is O=C(O)C(F)(F)F.O=C(c1ccccc1)C1CCN(c2ccc(C(=O)C(F)(F)F)cn2)CC1. The highest BCUT2D eigenvalue weighted by Gasteiger charge is 2.39. The third-order valence-corrected chi connectivity index (χ3v) is 4.76. The van der Waals surface area contributed by atoms with Crippen molar-refractivity contribution in [3.05, 3.63) is 59.8 Å². The topological polar surface area (TPSA) is 87.6 Å². The number of rotatable bonds is 4. The quantitative estimate of drug-likeness (QED) is 0.514. The van der Waals surface area contributed by atoms with Crippen LogP contribution in [0.15, 0.2) is 48.7 Å². The molecule has 0 saturated carbocycles. The number of pyridine rings is 1. The first-order valence-electron chi connectivity index (χ1n) is 9.52. The van der Waals surface area contributed by atoms with Crippen LogP contribution in [-0.2, 0) is 4.79 Å². The maximum absolute atomic E-state index is 12.5. The van der Waals surface area contributed by atoms with Crippen LogP contribution in [0.2, 0.25) is 0 Å². The summed E-state index contributed by atoms with van der Waals surface area (Å²) in [5.41, 5.74) is 0.217. The molecule has 0 radical (unpaired) electrons. The summed E-state index contributed by atoms with van der Waals surface area (Å²) in [6, 6.07) is 11.7. The molecule has 2 aromatic rings. The normalized spacial score (nSPS) is 14.8. The first-order valence-corrected chi connectivity index (χ1v) is 9.52. The molecule has 0 spiro atoms. The maximum atomic E-state index is 12.5. The first kappa shape index (κ1) is 25.8. The summed E-state index contributed by atoms with van der Waals surface area (Å²) in [5, 5.41) is 7.12. The Morgan fingerprint density at radius 2 is 1.39 bits per heavy atom. The van der Waals surface area contributed by atoms with E-state index in [1.807, 2.05) is 23.1 Å². The van der Waals surface area contributed by atoms with Gasteiger partial charge < -0.3 is 10.0 Å². The van der Waals surface area contributed by atoms with E-state index in [9.17, 15) is 35.9 Å². The van der Waals surface area contributed by atoms with Crippen molar-refractivity contribution in [3.8, 4) is 0 Å². The number of aliphatic carboxylic acids is 1. The van der Waals surface area contributed by atoms with E-state index in [2.05, 4.69) is 4.98 Å². The summed E-state index contributed by atoms with van der Waals surface area (Å²) in [6.45, 7) is 1.17. The molecule has 1 aliphatic rings. The van der Waals surface area contributed by atoms with Gasteiger partial charge in [-0.2, -0.15) is 26.3 Å². The number of carboxylic acids is 1. The average molecular weight is 476 g/mol. The number of alkyl halides is 6. The number of benzene rings is 1. The Morgan fingerprint density at radius 1 is 0.848 bits per heavy atom. The minimum Gasteiger partial charge on any atom is -0.475 e. The fraction of sp³-hybridized carbons (Fsp3) is 0.333. The van der Waals surface area contributed by atoms with Crippen LogP contribution in [0.5, 0.6) is 0 Å². The molecule has 0 unspecified atom stereocenters. The summed E-state index contributed by atoms with van der Waals surface area (Å²) in [5.74, 6) is -4.10. The van der Waals surface area contributed by atoms with Gasteiger partial charge in [0.25, 0.3) is 5.78 Å². The smallest absolute Gasteiger partial charge is 0.475 e. The van der Waals surface area contributed by atoms with Gasteiger partial charge in [0.15, 0.2) is 5.78 Å². The van der Waals surface area contributed by atoms with E-state index in [0.717, 1.165) is 12.3 Å². The van der Waals surface area contributed by atoms with Gasteiger partial charge in [0, 0.05) is 36.3 Å². The molecule has 0 amide bonds. The Kier molecular flexibility index (Phi) is 8.18. The lowest BCUT2D eigenvalue weighted by atomic mass is 9.89. The van der Waals surface area contributed by atoms with Crippen LogP contribution in [0.1, 0.15) is 33.6 Å². The minimum atomic E-state index is -5.08. The highest BCUT2D eigenvalue weighted by atomic mass is 19.4. The molecular weight excluding hydrogens is 458 g/mol. The number of anilines is 1. The van der Waals surface area contributed by atoms with Gasteiger partial charge in [-0.1, -0.05) is 30.3 Å². The number of hydrogen-bond donors (Lipinski definition) is 1. The van der Waals surface area contributed by atoms with Crippen LogP contribution in [0, 0.1) is 5.92 Å². The number of ketones is 2. The monoisotopic (exact) mass is 476 g/mol. The summed E-state index contributed by atoms with van der Waals surface area (Å²) in [4.78, 5) is 38.5. The second-order valence-electron chi connectivity index (χ2n) is 7.03. The third-order valence-electron chi connectivity index (χ3n) is 4.76. The number of aromatic nitrogens is 1. The number of carbonyl (C=O) groups excluding carboxylic acids is 2. The molecule has 1 aliphatic heterocycles. The van der Waals surface area contributed by atoms with Crippen molar-refractivity contribution in [2.45, 2.75) is 25.2 Å². The van der Waals surface area contributed by atoms with Crippen LogP contribution < -0.4 is 4.90 Å². The van der Waals surface area contributed by atoms with Gasteiger partial charge in [-0.15, -0.1) is 0 Å². The van der Waals surface area contributed by atoms with Gasteiger partial charge in [0.05, 0.1) is 0 Å². The predicted octanol–water partition coefficient (Wildman–Crippen LogP) is 4.56. The van der Waals surface area contributed by atoms with Gasteiger partial charge in [-0.25, -0.2) is 9.78 Å². The van der Waals surface area contributed by atoms with Crippen molar-refractivity contribution in [1.82, 2.24) is 4.98 Å². The van der Waals surface area contributed by atoms with E-state index < -0.39 is 29.7 Å². The molecule has 2 heterocycles. The van der Waals surface area contributed by atoms with Crippen molar-refractivity contribution in [2.24, 2.45) is 5.92 Å². The molecule has 1 aromatic carbocycles. The molecule has 12 heteroatoms. The number of halogens is 6. The lowest BCUT2D eigenvalue weighted by Gasteiger charge is -2.32. The molecule has 33 heavy (non-hydrogen) atoms. The molecule has 1 saturated heterocycles. The molecule has 6 nitrogen and oxygen atoms in total. The van der Waals surface area contributed by atoms with E-state index in [-0.39, 0.29) is 11.7 Å². The highest BCUT2D eigenvalue weighted by Crippen LogP contribution is 2.26. The molecular formula is C21H18F6N2O4. The number of hydrogen-bond acceptors (Lipinski definition) is 5. The van der Waals surface area contributed by atoms with Gasteiger partial charge >= 0.3 is 18.3 Å². The number of carbonyl (C=O) groups is 3. The maximum Gasteiger partial charge on any atom is 0.490 e. The molecule has 0 bridgehead atoms. The summed E-state index contributed by atoms with van der Waals surface area (Å²) >= 11 is 0. The van der Waals surface area contributed by atoms with Crippen molar-refractivity contribution in [3.63, 3.8) is 0 Å². The summed E-state index contributed by atoms with van der Waals surface area (Å²) in [6.07, 6.45) is -7.73. The summed E-state index contributed by atoms with van der Waals surface area (Å²) in [7, 11) is 0. The fourth-order valence-electron chi connectivity index (χ4n) is 3.08. The Balaban J connectivity index is 0.000000479. The Hall–Kier alpha value is -3.44. The van der Waals surface area contributed by atoms with Crippen LogP contribution in [0.4, 0.5) is 32.2 Å². The Labute approximate surface area is 183 Å². The van der Waals surface area contributed by atoms with Crippen LogP contribution in [-0.4, -0.2) is 53.1 Å². The van der Waals surface area contributed by atoms with Crippen molar-refractivity contribution < 1.29 is 45.8 Å². The van der Waals surface area contributed by atoms with E-state index in [0.29, 0.717) is 37.3 Å². The molecule has 1 aromatic heterocycles. The Bertz CT molecular complexity index is 967. The number of nitrogens with zero attached hydrogens (tertiary/aromatic N) is 2. The van der Waals surface area contributed by atoms with Gasteiger partial charge in [-0.3, -0.25) is 9.59 Å². The van der Waals surface area contributed by atoms with Crippen LogP contribution in [0.3, 0.4) is 0 Å². The first-order chi connectivity index (χ1) is 15.3. The van der Waals surface area contributed by atoms with E-state index >= 15 is 0 Å². The van der Waals surface area contributed by atoms with Crippen LogP contribution in [0.25, 0.3) is 0 Å². The number of Topliss-reactive ketones (excluding diaryl/α,β-unsaturated/α-hetero) is 2. The second-order valence-corrected chi connectivity index (χ2v) is 7.03.